The fourth-order valence-electron chi connectivity index (χ4n) is 1.71. The quantitative estimate of drug-likeness (QED) is 0.878. The monoisotopic (exact) mass is 322 g/mol. The largest absolute Gasteiger partial charge is 0.280 e. The van der Waals surface area contributed by atoms with Gasteiger partial charge in [0.25, 0.3) is 10.0 Å². The lowest BCUT2D eigenvalue weighted by atomic mass is 10.2. The molecule has 0 heterocycles. The first-order valence-electron chi connectivity index (χ1n) is 5.83. The van der Waals surface area contributed by atoms with Crippen molar-refractivity contribution in [2.24, 2.45) is 0 Å². The van der Waals surface area contributed by atoms with Crippen LogP contribution >= 0.6 is 11.8 Å². The van der Waals surface area contributed by atoms with Crippen molar-refractivity contribution in [1.29, 1.82) is 5.26 Å². The van der Waals surface area contributed by atoms with E-state index in [-0.39, 0.29) is 4.90 Å². The van der Waals surface area contributed by atoms with Crippen LogP contribution in [0.5, 0.6) is 0 Å². The maximum Gasteiger partial charge on any atom is 0.263 e. The highest BCUT2D eigenvalue weighted by Crippen LogP contribution is 2.23. The molecule has 1 N–H and O–H groups in total. The number of nitriles is 1. The number of thioether (sulfide) groups is 1. The molecule has 0 saturated heterocycles. The van der Waals surface area contributed by atoms with E-state index in [2.05, 4.69) is 4.72 Å². The Kier molecular flexibility index (Phi) is 4.50. The molecule has 0 aliphatic heterocycles. The van der Waals surface area contributed by atoms with Gasteiger partial charge in [-0.15, -0.1) is 11.8 Å². The molecule has 21 heavy (non-hydrogen) atoms. The highest BCUT2D eigenvalue weighted by Gasteiger charge is 2.21. The first kappa shape index (κ1) is 15.4. The van der Waals surface area contributed by atoms with Crippen molar-refractivity contribution in [3.63, 3.8) is 0 Å². The third-order valence-electron chi connectivity index (χ3n) is 2.72. The minimum absolute atomic E-state index is 0.348. The Morgan fingerprint density at radius 1 is 1.19 bits per heavy atom. The molecule has 2 aromatic carbocycles. The van der Waals surface area contributed by atoms with Crippen LogP contribution in [0.4, 0.5) is 10.1 Å². The minimum atomic E-state index is -4.02. The summed E-state index contributed by atoms with van der Waals surface area (Å²) in [5, 5.41) is 8.91. The molecule has 0 radical (unpaired) electrons. The molecule has 0 spiro atoms. The van der Waals surface area contributed by atoms with Crippen molar-refractivity contribution < 1.29 is 12.8 Å². The van der Waals surface area contributed by atoms with Crippen molar-refractivity contribution >= 4 is 27.5 Å². The summed E-state index contributed by atoms with van der Waals surface area (Å²) in [6.45, 7) is 0. The molecule has 0 aromatic heterocycles. The predicted octanol–water partition coefficient (Wildman–Crippen LogP) is 3.22. The Bertz CT molecular complexity index is 797. The van der Waals surface area contributed by atoms with E-state index in [1.54, 1.807) is 30.3 Å². The molecule has 0 aliphatic rings. The third kappa shape index (κ3) is 3.35. The van der Waals surface area contributed by atoms with Gasteiger partial charge in [0, 0.05) is 10.6 Å². The van der Waals surface area contributed by atoms with Crippen molar-refractivity contribution in [1.82, 2.24) is 0 Å². The lowest BCUT2D eigenvalue weighted by molar-refractivity contribution is 0.593. The van der Waals surface area contributed by atoms with Crippen LogP contribution < -0.4 is 4.72 Å². The third-order valence-corrected chi connectivity index (χ3v) is 4.89. The molecule has 4 nitrogen and oxygen atoms in total. The summed E-state index contributed by atoms with van der Waals surface area (Å²) in [6.07, 6.45) is 1.91. The molecule has 0 saturated carbocycles. The zero-order valence-corrected chi connectivity index (χ0v) is 12.6. The summed E-state index contributed by atoms with van der Waals surface area (Å²) in [6, 6.07) is 11.8. The fourth-order valence-corrected chi connectivity index (χ4v) is 3.34. The van der Waals surface area contributed by atoms with Crippen molar-refractivity contribution in [3.05, 3.63) is 53.8 Å². The lowest BCUT2D eigenvalue weighted by Gasteiger charge is -2.10. The van der Waals surface area contributed by atoms with Crippen LogP contribution in [0.2, 0.25) is 0 Å². The SMILES string of the molecule is CSc1ccc(NS(=O)(=O)c2cccc(F)c2C#N)cc1. The summed E-state index contributed by atoms with van der Waals surface area (Å²) in [5.74, 6) is -0.863. The second kappa shape index (κ2) is 6.16. The number of nitrogens with one attached hydrogen (secondary N) is 1. The topological polar surface area (TPSA) is 70.0 Å². The molecule has 2 rings (SSSR count). The number of nitrogens with zero attached hydrogens (tertiary/aromatic N) is 1. The standard InChI is InChI=1S/C14H11FN2O2S2/c1-20-11-7-5-10(6-8-11)17-21(18,19)14-4-2-3-13(15)12(14)9-16/h2-8,17H,1H3. The van der Waals surface area contributed by atoms with Gasteiger partial charge in [-0.05, 0) is 42.7 Å². The van der Waals surface area contributed by atoms with E-state index >= 15 is 0 Å². The Balaban J connectivity index is 2.39. The number of rotatable bonds is 4. The average molecular weight is 322 g/mol. The molecule has 0 fully saturated rings. The lowest BCUT2D eigenvalue weighted by Crippen LogP contribution is -2.15. The highest BCUT2D eigenvalue weighted by molar-refractivity contribution is 7.98. The number of benzene rings is 2. The summed E-state index contributed by atoms with van der Waals surface area (Å²) in [4.78, 5) is 0.611. The van der Waals surface area contributed by atoms with Gasteiger partial charge < -0.3 is 0 Å². The van der Waals surface area contributed by atoms with E-state index < -0.39 is 21.4 Å². The van der Waals surface area contributed by atoms with Crippen LogP contribution in [0.25, 0.3) is 0 Å². The van der Waals surface area contributed by atoms with Crippen molar-refractivity contribution in [2.75, 3.05) is 11.0 Å². The zero-order chi connectivity index (χ0) is 15.5. The molecule has 0 unspecified atom stereocenters. The minimum Gasteiger partial charge on any atom is -0.280 e. The van der Waals surface area contributed by atoms with Crippen LogP contribution in [-0.4, -0.2) is 14.7 Å². The first-order valence-corrected chi connectivity index (χ1v) is 8.54. The van der Waals surface area contributed by atoms with Crippen LogP contribution in [0.3, 0.4) is 0 Å². The molecule has 0 aliphatic carbocycles. The number of hydrogen-bond acceptors (Lipinski definition) is 4. The zero-order valence-electron chi connectivity index (χ0n) is 11.0. The van der Waals surface area contributed by atoms with E-state index in [1.165, 1.54) is 23.9 Å². The van der Waals surface area contributed by atoms with E-state index in [0.717, 1.165) is 11.0 Å². The fraction of sp³-hybridized carbons (Fsp3) is 0.0714. The molecular formula is C14H11FN2O2S2. The molecule has 108 valence electrons. The Morgan fingerprint density at radius 2 is 1.86 bits per heavy atom. The molecule has 0 atom stereocenters. The molecular weight excluding hydrogens is 311 g/mol. The molecule has 0 amide bonds. The molecule has 0 bridgehead atoms. The van der Waals surface area contributed by atoms with Gasteiger partial charge in [-0.2, -0.15) is 5.26 Å². The van der Waals surface area contributed by atoms with Gasteiger partial charge in [0.15, 0.2) is 0 Å². The van der Waals surface area contributed by atoms with Crippen LogP contribution in [0.15, 0.2) is 52.3 Å². The smallest absolute Gasteiger partial charge is 0.263 e. The Hall–Kier alpha value is -2.04. The molecule has 2 aromatic rings. The number of halogens is 1. The average Bonchev–Trinajstić information content (AvgIpc) is 2.47. The van der Waals surface area contributed by atoms with Crippen LogP contribution in [-0.2, 0) is 10.0 Å². The summed E-state index contributed by atoms with van der Waals surface area (Å²) < 4.78 is 40.3. The van der Waals surface area contributed by atoms with Crippen molar-refractivity contribution in [2.45, 2.75) is 9.79 Å². The number of sulfonamides is 1. The van der Waals surface area contributed by atoms with Crippen molar-refractivity contribution in [3.8, 4) is 6.07 Å². The van der Waals surface area contributed by atoms with Crippen LogP contribution in [0.1, 0.15) is 5.56 Å². The Labute approximate surface area is 126 Å². The van der Waals surface area contributed by atoms with E-state index in [1.807, 2.05) is 6.26 Å². The van der Waals surface area contributed by atoms with E-state index in [9.17, 15) is 12.8 Å². The van der Waals surface area contributed by atoms with Gasteiger partial charge in [-0.3, -0.25) is 4.72 Å². The maximum absolute atomic E-state index is 13.5. The normalized spacial score (nSPS) is 10.9. The van der Waals surface area contributed by atoms with Gasteiger partial charge in [0.05, 0.1) is 0 Å². The summed E-state index contributed by atoms with van der Waals surface area (Å²) >= 11 is 1.53. The second-order valence-corrected chi connectivity index (χ2v) is 6.59. The highest BCUT2D eigenvalue weighted by atomic mass is 32.2. The predicted molar refractivity (Wildman–Crippen MR) is 80.1 cm³/mol. The van der Waals surface area contributed by atoms with E-state index in [0.29, 0.717) is 5.69 Å². The van der Waals surface area contributed by atoms with Gasteiger partial charge in [0.1, 0.15) is 22.3 Å². The van der Waals surface area contributed by atoms with Gasteiger partial charge in [0.2, 0.25) is 0 Å². The number of hydrogen-bond donors (Lipinski definition) is 1. The number of anilines is 1. The Morgan fingerprint density at radius 3 is 2.43 bits per heavy atom. The first-order chi connectivity index (χ1) is 9.97. The summed E-state index contributed by atoms with van der Waals surface area (Å²) in [7, 11) is -4.02. The molecule has 7 heteroatoms. The van der Waals surface area contributed by atoms with E-state index in [4.69, 9.17) is 5.26 Å². The second-order valence-electron chi connectivity index (χ2n) is 4.06. The van der Waals surface area contributed by atoms with Gasteiger partial charge in [-0.25, -0.2) is 12.8 Å². The van der Waals surface area contributed by atoms with Gasteiger partial charge >= 0.3 is 0 Å². The van der Waals surface area contributed by atoms with Gasteiger partial charge in [-0.1, -0.05) is 6.07 Å². The van der Waals surface area contributed by atoms with Crippen LogP contribution in [0, 0.1) is 17.1 Å². The summed E-state index contributed by atoms with van der Waals surface area (Å²) in [5.41, 5.74) is -0.147. The maximum atomic E-state index is 13.5.